The summed E-state index contributed by atoms with van der Waals surface area (Å²) in [6, 6.07) is 4.65. The van der Waals surface area contributed by atoms with E-state index in [1.165, 1.54) is 0 Å². The SMILES string of the molecule is CC1=CC(OCc2ncc(F)cc2F)=C(Cl)CN1c1cc(-c2ccnc(N3CCC4(CC3)COC4)n2)ncc1C. The van der Waals surface area contributed by atoms with E-state index in [0.29, 0.717) is 28.7 Å². The van der Waals surface area contributed by atoms with Gasteiger partial charge < -0.3 is 19.3 Å². The maximum atomic E-state index is 14.0. The minimum absolute atomic E-state index is 0.00630. The summed E-state index contributed by atoms with van der Waals surface area (Å²) in [6.07, 6.45) is 8.54. The first-order valence-corrected chi connectivity index (χ1v) is 13.6. The molecule has 3 aromatic rings. The molecule has 1 spiro atoms. The van der Waals surface area contributed by atoms with Crippen molar-refractivity contribution in [2.24, 2.45) is 5.41 Å². The number of ether oxygens (including phenoxy) is 2. The minimum Gasteiger partial charge on any atom is -0.486 e. The van der Waals surface area contributed by atoms with Gasteiger partial charge in [-0.1, -0.05) is 11.6 Å². The number of halogens is 3. The lowest BCUT2D eigenvalue weighted by Gasteiger charge is -2.47. The Kier molecular flexibility index (Phi) is 7.14. The maximum absolute atomic E-state index is 14.0. The van der Waals surface area contributed by atoms with Crippen LogP contribution in [0.3, 0.4) is 0 Å². The Bertz CT molecular complexity index is 1500. The summed E-state index contributed by atoms with van der Waals surface area (Å²) >= 11 is 6.62. The summed E-state index contributed by atoms with van der Waals surface area (Å²) < 4.78 is 38.4. The van der Waals surface area contributed by atoms with Gasteiger partial charge in [-0.05, 0) is 44.4 Å². The van der Waals surface area contributed by atoms with E-state index in [1.54, 1.807) is 12.3 Å². The zero-order valence-corrected chi connectivity index (χ0v) is 23.1. The molecule has 8 nitrogen and oxygen atoms in total. The second-order valence-corrected chi connectivity index (χ2v) is 11.0. The van der Waals surface area contributed by atoms with Crippen LogP contribution in [-0.4, -0.2) is 52.8 Å². The van der Waals surface area contributed by atoms with Crippen molar-refractivity contribution in [2.75, 3.05) is 42.6 Å². The fourth-order valence-electron chi connectivity index (χ4n) is 5.23. The number of aromatic nitrogens is 4. The van der Waals surface area contributed by atoms with Crippen LogP contribution in [0, 0.1) is 24.0 Å². The lowest BCUT2D eigenvalue weighted by Crippen LogP contribution is -2.51. The molecule has 0 aromatic carbocycles. The topological polar surface area (TPSA) is 76.5 Å². The first-order valence-electron chi connectivity index (χ1n) is 13.2. The molecule has 208 valence electrons. The molecule has 0 N–H and O–H groups in total. The molecular formula is C29H29ClF2N6O2. The first kappa shape index (κ1) is 26.6. The number of allylic oxidation sites excluding steroid dienone is 2. The van der Waals surface area contributed by atoms with Crippen LogP contribution in [0.15, 0.2) is 59.4 Å². The molecule has 11 heteroatoms. The third-order valence-corrected chi connectivity index (χ3v) is 8.08. The standard InChI is InChI=1S/C29H29ClF2N6O2/c1-18-12-34-24(23-3-6-33-28(36-23)37-7-4-29(5-8-37)16-39-17-29)11-26(18)38-14-21(30)27(9-19(38)2)40-15-25-22(32)10-20(31)13-35-25/h3,6,9-13H,4-5,7-8,14-17H2,1-2H3. The fourth-order valence-corrected chi connectivity index (χ4v) is 5.45. The van der Waals surface area contributed by atoms with Crippen molar-refractivity contribution in [3.05, 3.63) is 82.2 Å². The van der Waals surface area contributed by atoms with E-state index in [2.05, 4.69) is 24.8 Å². The summed E-state index contributed by atoms with van der Waals surface area (Å²) in [5.41, 5.74) is 4.63. The Balaban J connectivity index is 1.18. The molecule has 0 radical (unpaired) electrons. The second kappa shape index (κ2) is 10.7. The van der Waals surface area contributed by atoms with Crippen molar-refractivity contribution in [3.63, 3.8) is 0 Å². The summed E-state index contributed by atoms with van der Waals surface area (Å²) in [5.74, 6) is -0.368. The predicted molar refractivity (Wildman–Crippen MR) is 148 cm³/mol. The van der Waals surface area contributed by atoms with Gasteiger partial charge >= 0.3 is 0 Å². The highest BCUT2D eigenvalue weighted by Gasteiger charge is 2.41. The summed E-state index contributed by atoms with van der Waals surface area (Å²) in [6.45, 7) is 7.68. The highest BCUT2D eigenvalue weighted by Crippen LogP contribution is 2.39. The van der Waals surface area contributed by atoms with Crippen LogP contribution in [0.2, 0.25) is 0 Å². The Morgan fingerprint density at radius 3 is 2.58 bits per heavy atom. The Morgan fingerprint density at radius 1 is 1.05 bits per heavy atom. The van der Waals surface area contributed by atoms with E-state index < -0.39 is 11.6 Å². The van der Waals surface area contributed by atoms with E-state index in [0.717, 1.165) is 79.7 Å². The Hall–Kier alpha value is -3.63. The van der Waals surface area contributed by atoms with Crippen LogP contribution in [0.5, 0.6) is 0 Å². The Morgan fingerprint density at radius 2 is 1.85 bits per heavy atom. The van der Waals surface area contributed by atoms with Gasteiger partial charge in [-0.2, -0.15) is 0 Å². The molecule has 3 aromatic heterocycles. The van der Waals surface area contributed by atoms with Crippen molar-refractivity contribution in [1.29, 1.82) is 0 Å². The number of piperidine rings is 1. The molecule has 3 aliphatic rings. The van der Waals surface area contributed by atoms with E-state index in [4.69, 9.17) is 26.1 Å². The molecule has 6 heterocycles. The maximum Gasteiger partial charge on any atom is 0.225 e. The van der Waals surface area contributed by atoms with Gasteiger partial charge in [-0.15, -0.1) is 0 Å². The summed E-state index contributed by atoms with van der Waals surface area (Å²) in [5, 5.41) is 0.454. The average molecular weight is 567 g/mol. The number of rotatable bonds is 6. The van der Waals surface area contributed by atoms with Crippen molar-refractivity contribution in [2.45, 2.75) is 33.3 Å². The lowest BCUT2D eigenvalue weighted by atomic mass is 9.77. The van der Waals surface area contributed by atoms with Crippen LogP contribution in [0.4, 0.5) is 20.4 Å². The molecule has 0 saturated carbocycles. The minimum atomic E-state index is -0.764. The van der Waals surface area contributed by atoms with E-state index in [9.17, 15) is 8.78 Å². The van der Waals surface area contributed by atoms with Crippen molar-refractivity contribution in [1.82, 2.24) is 19.9 Å². The van der Waals surface area contributed by atoms with Gasteiger partial charge in [0.2, 0.25) is 5.95 Å². The molecule has 0 atom stereocenters. The number of aryl methyl sites for hydroxylation is 1. The molecular weight excluding hydrogens is 538 g/mol. The van der Waals surface area contributed by atoms with Crippen LogP contribution in [-0.2, 0) is 16.1 Å². The first-order chi connectivity index (χ1) is 19.3. The monoisotopic (exact) mass is 566 g/mol. The normalized spacial score (nSPS) is 18.6. The van der Waals surface area contributed by atoms with E-state index in [-0.39, 0.29) is 12.3 Å². The van der Waals surface area contributed by atoms with Gasteiger partial charge in [0.1, 0.15) is 23.9 Å². The van der Waals surface area contributed by atoms with Gasteiger partial charge in [0.25, 0.3) is 0 Å². The quantitative estimate of drug-likeness (QED) is 0.386. The van der Waals surface area contributed by atoms with Crippen LogP contribution in [0.1, 0.15) is 31.0 Å². The zero-order chi connectivity index (χ0) is 27.9. The second-order valence-electron chi connectivity index (χ2n) is 10.6. The smallest absolute Gasteiger partial charge is 0.225 e. The molecule has 40 heavy (non-hydrogen) atoms. The van der Waals surface area contributed by atoms with Crippen LogP contribution >= 0.6 is 11.6 Å². The molecule has 3 aliphatic heterocycles. The third kappa shape index (κ3) is 5.25. The van der Waals surface area contributed by atoms with Gasteiger partial charge in [-0.25, -0.2) is 18.7 Å². The third-order valence-electron chi connectivity index (χ3n) is 7.77. The molecule has 0 amide bonds. The number of nitrogens with zero attached hydrogens (tertiary/aromatic N) is 6. The molecule has 6 rings (SSSR count). The highest BCUT2D eigenvalue weighted by molar-refractivity contribution is 6.30. The number of hydrogen-bond donors (Lipinski definition) is 0. The number of hydrogen-bond acceptors (Lipinski definition) is 8. The number of pyridine rings is 2. The van der Waals surface area contributed by atoms with Gasteiger partial charge in [0.05, 0.1) is 42.4 Å². The van der Waals surface area contributed by atoms with E-state index >= 15 is 0 Å². The molecule has 0 bridgehead atoms. The molecule has 2 fully saturated rings. The van der Waals surface area contributed by atoms with Gasteiger partial charge in [0.15, 0.2) is 5.82 Å². The largest absolute Gasteiger partial charge is 0.486 e. The molecule has 0 unspecified atom stereocenters. The van der Waals surface area contributed by atoms with Crippen molar-refractivity contribution >= 4 is 23.2 Å². The molecule has 0 aliphatic carbocycles. The lowest BCUT2D eigenvalue weighted by molar-refractivity contribution is -0.124. The van der Waals surface area contributed by atoms with Gasteiger partial charge in [-0.3, -0.25) is 9.97 Å². The fraction of sp³-hybridized carbons (Fsp3) is 0.379. The van der Waals surface area contributed by atoms with Crippen molar-refractivity contribution in [3.8, 4) is 11.4 Å². The van der Waals surface area contributed by atoms with Crippen molar-refractivity contribution < 1.29 is 18.3 Å². The highest BCUT2D eigenvalue weighted by atomic mass is 35.5. The van der Waals surface area contributed by atoms with E-state index in [1.807, 2.05) is 32.2 Å². The summed E-state index contributed by atoms with van der Waals surface area (Å²) in [7, 11) is 0. The van der Waals surface area contributed by atoms with Gasteiger partial charge in [0, 0.05) is 54.4 Å². The zero-order valence-electron chi connectivity index (χ0n) is 22.3. The average Bonchev–Trinajstić information content (AvgIpc) is 2.94. The summed E-state index contributed by atoms with van der Waals surface area (Å²) in [4.78, 5) is 22.1. The Labute approximate surface area is 236 Å². The predicted octanol–water partition coefficient (Wildman–Crippen LogP) is 5.53. The molecule has 2 saturated heterocycles. The van der Waals surface area contributed by atoms with Crippen LogP contribution < -0.4 is 9.80 Å². The van der Waals surface area contributed by atoms with Crippen LogP contribution in [0.25, 0.3) is 11.4 Å². The number of anilines is 2.